The van der Waals surface area contributed by atoms with E-state index in [1.54, 1.807) is 12.1 Å². The van der Waals surface area contributed by atoms with Gasteiger partial charge in [0.05, 0.1) is 0 Å². The molecule has 1 aliphatic rings. The lowest BCUT2D eigenvalue weighted by atomic mass is 9.74. The van der Waals surface area contributed by atoms with Gasteiger partial charge in [-0.25, -0.2) is 4.39 Å². The molecule has 1 saturated carbocycles. The number of hydrogen-bond donors (Lipinski definition) is 2. The summed E-state index contributed by atoms with van der Waals surface area (Å²) in [6.45, 7) is 0. The number of benzene rings is 1. The minimum atomic E-state index is -0.216. The van der Waals surface area contributed by atoms with E-state index in [-0.39, 0.29) is 11.9 Å². The van der Waals surface area contributed by atoms with E-state index in [9.17, 15) is 4.39 Å². The molecule has 0 heterocycles. The third kappa shape index (κ3) is 1.79. The van der Waals surface area contributed by atoms with Gasteiger partial charge in [-0.1, -0.05) is 12.1 Å². The van der Waals surface area contributed by atoms with Crippen molar-refractivity contribution in [1.29, 1.82) is 0 Å². The lowest BCUT2D eigenvalue weighted by Crippen LogP contribution is -2.41. The summed E-state index contributed by atoms with van der Waals surface area (Å²) in [5, 5.41) is 0. The molecule has 1 atom stereocenters. The fraction of sp³-hybridized carbons (Fsp3) is 0.455. The van der Waals surface area contributed by atoms with E-state index in [1.165, 1.54) is 12.1 Å². The Bertz CT molecular complexity index is 304. The quantitative estimate of drug-likeness (QED) is 0.750. The van der Waals surface area contributed by atoms with E-state index < -0.39 is 0 Å². The fourth-order valence-electron chi connectivity index (χ4n) is 1.96. The van der Waals surface area contributed by atoms with Crippen LogP contribution < -0.4 is 11.5 Å². The minimum Gasteiger partial charge on any atom is -0.328 e. The van der Waals surface area contributed by atoms with Gasteiger partial charge in [-0.2, -0.15) is 0 Å². The second-order valence-electron chi connectivity index (χ2n) is 4.07. The van der Waals surface area contributed by atoms with Gasteiger partial charge in [0.2, 0.25) is 0 Å². The Hall–Kier alpha value is -0.930. The highest BCUT2D eigenvalue weighted by Gasteiger charge is 2.31. The number of rotatable bonds is 2. The van der Waals surface area contributed by atoms with Crippen LogP contribution in [0.4, 0.5) is 4.39 Å². The summed E-state index contributed by atoms with van der Waals surface area (Å²) in [7, 11) is 0. The summed E-state index contributed by atoms with van der Waals surface area (Å²) in [4.78, 5) is 0. The predicted molar refractivity (Wildman–Crippen MR) is 54.0 cm³/mol. The normalized spacial score (nSPS) is 28.2. The van der Waals surface area contributed by atoms with Crippen LogP contribution in [-0.2, 0) is 0 Å². The van der Waals surface area contributed by atoms with Gasteiger partial charge in [-0.3, -0.25) is 0 Å². The molecule has 0 saturated heterocycles. The molecule has 0 amide bonds. The van der Waals surface area contributed by atoms with Gasteiger partial charge in [0.1, 0.15) is 5.82 Å². The average molecular weight is 194 g/mol. The molecule has 2 rings (SSSR count). The van der Waals surface area contributed by atoms with Crippen LogP contribution in [0.5, 0.6) is 0 Å². The highest BCUT2D eigenvalue weighted by Crippen LogP contribution is 2.35. The third-order valence-electron chi connectivity index (χ3n) is 2.97. The van der Waals surface area contributed by atoms with Crippen LogP contribution in [0.25, 0.3) is 0 Å². The Kier molecular flexibility index (Phi) is 2.52. The van der Waals surface area contributed by atoms with Crippen LogP contribution in [0.3, 0.4) is 0 Å². The molecule has 1 aliphatic carbocycles. The van der Waals surface area contributed by atoms with E-state index in [1.807, 2.05) is 0 Å². The Morgan fingerprint density at radius 1 is 1.21 bits per heavy atom. The van der Waals surface area contributed by atoms with Gasteiger partial charge in [0.25, 0.3) is 0 Å². The Labute approximate surface area is 83.1 Å². The molecule has 0 spiro atoms. The topological polar surface area (TPSA) is 52.0 Å². The average Bonchev–Trinajstić information content (AvgIpc) is 2.13. The zero-order chi connectivity index (χ0) is 10.1. The number of halogens is 1. The van der Waals surface area contributed by atoms with Crippen molar-refractivity contribution >= 4 is 0 Å². The Morgan fingerprint density at radius 2 is 1.79 bits per heavy atom. The van der Waals surface area contributed by atoms with E-state index in [0.29, 0.717) is 12.0 Å². The first-order chi connectivity index (χ1) is 6.66. The maximum absolute atomic E-state index is 12.6. The predicted octanol–water partition coefficient (Wildman–Crippen LogP) is 1.56. The number of hydrogen-bond acceptors (Lipinski definition) is 2. The molecular weight excluding hydrogens is 179 g/mol. The largest absolute Gasteiger partial charge is 0.328 e. The Morgan fingerprint density at radius 3 is 2.29 bits per heavy atom. The molecule has 1 aromatic carbocycles. The highest BCUT2D eigenvalue weighted by molar-refractivity contribution is 5.21. The summed E-state index contributed by atoms with van der Waals surface area (Å²) in [5.74, 6) is 0.252. The van der Waals surface area contributed by atoms with Crippen LogP contribution in [0.2, 0.25) is 0 Å². The van der Waals surface area contributed by atoms with Crippen LogP contribution in [0.1, 0.15) is 24.4 Å². The summed E-state index contributed by atoms with van der Waals surface area (Å²) in [5.41, 5.74) is 12.7. The molecular formula is C11H15FN2. The van der Waals surface area contributed by atoms with Crippen molar-refractivity contribution in [2.45, 2.75) is 24.9 Å². The van der Waals surface area contributed by atoms with Gasteiger partial charge in [0.15, 0.2) is 0 Å². The lowest BCUT2D eigenvalue weighted by molar-refractivity contribution is 0.224. The van der Waals surface area contributed by atoms with Crippen LogP contribution in [0, 0.1) is 11.7 Å². The molecule has 1 unspecified atom stereocenters. The molecule has 1 fully saturated rings. The molecule has 1 aromatic rings. The molecule has 0 radical (unpaired) electrons. The SMILES string of the molecule is NC1CC(C(N)c2ccc(F)cc2)C1. The monoisotopic (exact) mass is 194 g/mol. The van der Waals surface area contributed by atoms with Gasteiger partial charge in [-0.05, 0) is 36.5 Å². The fourth-order valence-corrected chi connectivity index (χ4v) is 1.96. The van der Waals surface area contributed by atoms with Crippen molar-refractivity contribution in [2.75, 3.05) is 0 Å². The maximum Gasteiger partial charge on any atom is 0.123 e. The first kappa shape index (κ1) is 9.62. The van der Waals surface area contributed by atoms with E-state index in [4.69, 9.17) is 11.5 Å². The maximum atomic E-state index is 12.6. The third-order valence-corrected chi connectivity index (χ3v) is 2.97. The zero-order valence-corrected chi connectivity index (χ0v) is 7.99. The molecule has 0 bridgehead atoms. The first-order valence-corrected chi connectivity index (χ1v) is 4.93. The molecule has 0 aromatic heterocycles. The molecule has 3 heteroatoms. The van der Waals surface area contributed by atoms with E-state index in [0.717, 1.165) is 18.4 Å². The van der Waals surface area contributed by atoms with Crippen LogP contribution in [0.15, 0.2) is 24.3 Å². The second-order valence-corrected chi connectivity index (χ2v) is 4.07. The van der Waals surface area contributed by atoms with Crippen molar-refractivity contribution in [3.05, 3.63) is 35.6 Å². The lowest BCUT2D eigenvalue weighted by Gasteiger charge is -2.36. The van der Waals surface area contributed by atoms with Gasteiger partial charge in [-0.15, -0.1) is 0 Å². The standard InChI is InChI=1S/C11H15FN2/c12-9-3-1-7(2-4-9)11(14)8-5-10(13)6-8/h1-4,8,10-11H,5-6,13-14H2. The molecule has 14 heavy (non-hydrogen) atoms. The second kappa shape index (κ2) is 3.67. The van der Waals surface area contributed by atoms with Crippen molar-refractivity contribution in [2.24, 2.45) is 17.4 Å². The summed E-state index contributed by atoms with van der Waals surface area (Å²) in [6, 6.07) is 6.73. The number of nitrogens with two attached hydrogens (primary N) is 2. The summed E-state index contributed by atoms with van der Waals surface area (Å²) >= 11 is 0. The molecule has 76 valence electrons. The summed E-state index contributed by atoms with van der Waals surface area (Å²) < 4.78 is 12.6. The highest BCUT2D eigenvalue weighted by atomic mass is 19.1. The van der Waals surface area contributed by atoms with Crippen molar-refractivity contribution in [1.82, 2.24) is 0 Å². The molecule has 0 aliphatic heterocycles. The Balaban J connectivity index is 2.04. The van der Waals surface area contributed by atoms with Gasteiger partial charge >= 0.3 is 0 Å². The van der Waals surface area contributed by atoms with Crippen LogP contribution in [-0.4, -0.2) is 6.04 Å². The van der Waals surface area contributed by atoms with E-state index >= 15 is 0 Å². The van der Waals surface area contributed by atoms with Crippen LogP contribution >= 0.6 is 0 Å². The van der Waals surface area contributed by atoms with E-state index in [2.05, 4.69) is 0 Å². The van der Waals surface area contributed by atoms with Crippen molar-refractivity contribution in [3.63, 3.8) is 0 Å². The van der Waals surface area contributed by atoms with Gasteiger partial charge < -0.3 is 11.5 Å². The first-order valence-electron chi connectivity index (χ1n) is 4.93. The van der Waals surface area contributed by atoms with Crippen molar-refractivity contribution in [3.8, 4) is 0 Å². The van der Waals surface area contributed by atoms with Crippen molar-refractivity contribution < 1.29 is 4.39 Å². The zero-order valence-electron chi connectivity index (χ0n) is 7.99. The smallest absolute Gasteiger partial charge is 0.123 e. The molecule has 2 nitrogen and oxygen atoms in total. The van der Waals surface area contributed by atoms with Gasteiger partial charge in [0, 0.05) is 12.1 Å². The summed E-state index contributed by atoms with van der Waals surface area (Å²) in [6.07, 6.45) is 1.97. The minimum absolute atomic E-state index is 0.00963. The molecule has 4 N–H and O–H groups in total.